The highest BCUT2D eigenvalue weighted by molar-refractivity contribution is 7.18. The Bertz CT molecular complexity index is 801. The van der Waals surface area contributed by atoms with E-state index >= 15 is 0 Å². The molecule has 118 valence electrons. The fourth-order valence-electron chi connectivity index (χ4n) is 3.11. The van der Waals surface area contributed by atoms with Gasteiger partial charge >= 0.3 is 0 Å². The number of pyridine rings is 1. The van der Waals surface area contributed by atoms with Gasteiger partial charge in [-0.25, -0.2) is 15.0 Å². The number of piperidine rings is 1. The van der Waals surface area contributed by atoms with E-state index in [0.717, 1.165) is 47.8 Å². The van der Waals surface area contributed by atoms with Crippen molar-refractivity contribution in [1.82, 2.24) is 15.0 Å². The molecule has 4 rings (SSSR count). The average Bonchev–Trinajstić information content (AvgIpc) is 2.99. The number of hydrogen-bond acceptors (Lipinski definition) is 6. The fraction of sp³-hybridized carbons (Fsp3) is 0.353. The highest BCUT2D eigenvalue weighted by Crippen LogP contribution is 2.29. The monoisotopic (exact) mass is 325 g/mol. The van der Waals surface area contributed by atoms with Gasteiger partial charge in [-0.2, -0.15) is 0 Å². The van der Waals surface area contributed by atoms with Crippen LogP contribution >= 0.6 is 11.3 Å². The summed E-state index contributed by atoms with van der Waals surface area (Å²) in [5, 5.41) is 5.77. The highest BCUT2D eigenvalue weighted by Gasteiger charge is 2.22. The van der Waals surface area contributed by atoms with Crippen LogP contribution in [-0.4, -0.2) is 34.1 Å². The Hall–Kier alpha value is -2.21. The minimum Gasteiger partial charge on any atom is -0.364 e. The Morgan fingerprint density at radius 3 is 3.09 bits per heavy atom. The molecule has 6 heteroatoms. The van der Waals surface area contributed by atoms with Gasteiger partial charge in [-0.1, -0.05) is 6.07 Å². The van der Waals surface area contributed by atoms with E-state index in [9.17, 15) is 0 Å². The van der Waals surface area contributed by atoms with Crippen LogP contribution in [0.25, 0.3) is 10.2 Å². The molecule has 5 nitrogen and oxygen atoms in total. The minimum atomic E-state index is 0.381. The van der Waals surface area contributed by atoms with Gasteiger partial charge < -0.3 is 10.2 Å². The molecule has 3 aromatic rings. The Labute approximate surface area is 139 Å². The third-order valence-electron chi connectivity index (χ3n) is 4.27. The van der Waals surface area contributed by atoms with Crippen LogP contribution in [0, 0.1) is 6.92 Å². The van der Waals surface area contributed by atoms with Crippen LogP contribution in [0.15, 0.2) is 36.1 Å². The van der Waals surface area contributed by atoms with Gasteiger partial charge in [-0.15, -0.1) is 11.3 Å². The number of nitrogens with one attached hydrogen (secondary N) is 1. The molecule has 0 amide bonds. The molecule has 0 aromatic carbocycles. The van der Waals surface area contributed by atoms with Crippen molar-refractivity contribution in [3.63, 3.8) is 0 Å². The molecular formula is C17H19N5S. The Kier molecular flexibility index (Phi) is 3.83. The highest BCUT2D eigenvalue weighted by atomic mass is 32.1. The fourth-order valence-corrected chi connectivity index (χ4v) is 4.06. The minimum absolute atomic E-state index is 0.381. The lowest BCUT2D eigenvalue weighted by Crippen LogP contribution is -2.42. The van der Waals surface area contributed by atoms with Crippen LogP contribution in [0.3, 0.4) is 0 Å². The third-order valence-corrected chi connectivity index (χ3v) is 5.36. The zero-order chi connectivity index (χ0) is 15.6. The molecule has 1 unspecified atom stereocenters. The van der Waals surface area contributed by atoms with Gasteiger partial charge in [0.25, 0.3) is 0 Å². The van der Waals surface area contributed by atoms with Gasteiger partial charge in [0.05, 0.1) is 10.2 Å². The van der Waals surface area contributed by atoms with Crippen molar-refractivity contribution < 1.29 is 0 Å². The Morgan fingerprint density at radius 1 is 1.26 bits per heavy atom. The van der Waals surface area contributed by atoms with Crippen molar-refractivity contribution in [1.29, 1.82) is 0 Å². The van der Waals surface area contributed by atoms with Gasteiger partial charge in [-0.3, -0.25) is 0 Å². The number of thiophene rings is 1. The van der Waals surface area contributed by atoms with Gasteiger partial charge in [0.1, 0.15) is 18.0 Å². The standard InChI is InChI=1S/C17H19N5S/c1-12-10-23-16-15(12)19-11-20-17(16)21-13-5-4-8-22(9-13)14-6-2-3-7-18-14/h2-3,6-7,10-11,13H,4-5,8-9H2,1H3,(H,19,20,21). The number of fused-ring (bicyclic) bond motifs is 1. The summed E-state index contributed by atoms with van der Waals surface area (Å²) in [5.41, 5.74) is 2.28. The summed E-state index contributed by atoms with van der Waals surface area (Å²) in [4.78, 5) is 15.7. The zero-order valence-corrected chi connectivity index (χ0v) is 13.9. The summed E-state index contributed by atoms with van der Waals surface area (Å²) in [6, 6.07) is 6.46. The SMILES string of the molecule is Cc1csc2c(NC3CCCN(c4ccccn4)C3)ncnc12. The Balaban J connectivity index is 1.54. The molecule has 23 heavy (non-hydrogen) atoms. The van der Waals surface area contributed by atoms with Gasteiger partial charge in [0.2, 0.25) is 0 Å². The molecule has 0 spiro atoms. The normalized spacial score (nSPS) is 18.3. The largest absolute Gasteiger partial charge is 0.364 e. The van der Waals surface area contributed by atoms with Crippen LogP contribution in [0.2, 0.25) is 0 Å². The maximum absolute atomic E-state index is 4.47. The van der Waals surface area contributed by atoms with Crippen LogP contribution in [0.1, 0.15) is 18.4 Å². The molecule has 0 saturated carbocycles. The predicted molar refractivity (Wildman–Crippen MR) is 95.2 cm³/mol. The molecule has 0 aliphatic carbocycles. The molecule has 1 aliphatic heterocycles. The predicted octanol–water partition coefficient (Wildman–Crippen LogP) is 3.48. The molecular weight excluding hydrogens is 306 g/mol. The molecule has 4 heterocycles. The van der Waals surface area contributed by atoms with Crippen molar-refractivity contribution in [3.05, 3.63) is 41.7 Å². The van der Waals surface area contributed by atoms with Crippen LogP contribution < -0.4 is 10.2 Å². The molecule has 1 saturated heterocycles. The number of anilines is 2. The summed E-state index contributed by atoms with van der Waals surface area (Å²) in [5.74, 6) is 2.01. The van der Waals surface area contributed by atoms with Crippen molar-refractivity contribution >= 4 is 33.2 Å². The van der Waals surface area contributed by atoms with E-state index in [1.54, 1.807) is 17.7 Å². The van der Waals surface area contributed by atoms with Crippen molar-refractivity contribution in [3.8, 4) is 0 Å². The number of rotatable bonds is 3. The number of aromatic nitrogens is 3. The van der Waals surface area contributed by atoms with Crippen LogP contribution in [0.4, 0.5) is 11.6 Å². The first-order valence-corrected chi connectivity index (χ1v) is 8.80. The van der Waals surface area contributed by atoms with Crippen molar-refractivity contribution in [2.75, 3.05) is 23.3 Å². The lowest BCUT2D eigenvalue weighted by atomic mass is 10.1. The molecule has 1 fully saturated rings. The molecule has 1 atom stereocenters. The summed E-state index contributed by atoms with van der Waals surface area (Å²) in [7, 11) is 0. The second-order valence-corrected chi connectivity index (χ2v) is 6.82. The van der Waals surface area contributed by atoms with Gasteiger partial charge in [-0.05, 0) is 42.8 Å². The van der Waals surface area contributed by atoms with Gasteiger partial charge in [0.15, 0.2) is 0 Å². The molecule has 1 N–H and O–H groups in total. The summed E-state index contributed by atoms with van der Waals surface area (Å²) >= 11 is 1.71. The first kappa shape index (κ1) is 14.4. The van der Waals surface area contributed by atoms with Crippen LogP contribution in [0.5, 0.6) is 0 Å². The first-order chi connectivity index (χ1) is 11.3. The van der Waals surface area contributed by atoms with Crippen LogP contribution in [-0.2, 0) is 0 Å². The lowest BCUT2D eigenvalue weighted by Gasteiger charge is -2.34. The summed E-state index contributed by atoms with van der Waals surface area (Å²) in [6.07, 6.45) is 5.82. The molecule has 0 bridgehead atoms. The van der Waals surface area contributed by atoms with E-state index in [-0.39, 0.29) is 0 Å². The number of hydrogen-bond donors (Lipinski definition) is 1. The topological polar surface area (TPSA) is 53.9 Å². The first-order valence-electron chi connectivity index (χ1n) is 7.92. The second-order valence-electron chi connectivity index (χ2n) is 5.94. The smallest absolute Gasteiger partial charge is 0.147 e. The van der Waals surface area contributed by atoms with Gasteiger partial charge in [0, 0.05) is 25.3 Å². The van der Waals surface area contributed by atoms with E-state index in [0.29, 0.717) is 6.04 Å². The quantitative estimate of drug-likeness (QED) is 0.799. The van der Waals surface area contributed by atoms with Crippen molar-refractivity contribution in [2.24, 2.45) is 0 Å². The lowest BCUT2D eigenvalue weighted by molar-refractivity contribution is 0.526. The molecule has 3 aromatic heterocycles. The second kappa shape index (κ2) is 6.12. The third kappa shape index (κ3) is 2.86. The Morgan fingerprint density at radius 2 is 2.22 bits per heavy atom. The number of aryl methyl sites for hydroxylation is 1. The average molecular weight is 325 g/mol. The van der Waals surface area contributed by atoms with E-state index in [1.165, 1.54) is 5.56 Å². The summed E-state index contributed by atoms with van der Waals surface area (Å²) in [6.45, 7) is 4.11. The molecule has 1 aliphatic rings. The number of nitrogens with zero attached hydrogens (tertiary/aromatic N) is 4. The maximum Gasteiger partial charge on any atom is 0.147 e. The van der Waals surface area contributed by atoms with E-state index < -0.39 is 0 Å². The van der Waals surface area contributed by atoms with E-state index in [4.69, 9.17) is 0 Å². The molecule has 0 radical (unpaired) electrons. The zero-order valence-electron chi connectivity index (χ0n) is 13.1. The van der Waals surface area contributed by atoms with E-state index in [1.807, 2.05) is 18.3 Å². The van der Waals surface area contributed by atoms with Crippen molar-refractivity contribution in [2.45, 2.75) is 25.8 Å². The van der Waals surface area contributed by atoms with E-state index in [2.05, 4.69) is 43.5 Å². The maximum atomic E-state index is 4.47. The summed E-state index contributed by atoms with van der Waals surface area (Å²) < 4.78 is 1.15.